The van der Waals surface area contributed by atoms with Crippen LogP contribution >= 0.6 is 11.6 Å². The van der Waals surface area contributed by atoms with E-state index in [1.54, 1.807) is 6.20 Å². The lowest BCUT2D eigenvalue weighted by molar-refractivity contribution is 0.0322. The minimum Gasteiger partial charge on any atom is -0.492 e. The third-order valence-corrected chi connectivity index (χ3v) is 4.16. The van der Waals surface area contributed by atoms with Crippen LogP contribution in [0.5, 0.6) is 5.75 Å². The summed E-state index contributed by atoms with van der Waals surface area (Å²) in [6.07, 6.45) is 1.69. The highest BCUT2D eigenvalue weighted by Crippen LogP contribution is 2.20. The molecule has 1 saturated heterocycles. The van der Waals surface area contributed by atoms with Gasteiger partial charge in [0.25, 0.3) is 0 Å². The molecule has 3 rings (SSSR count). The normalized spacial score (nSPS) is 15.2. The average molecular weight is 348 g/mol. The molecule has 2 heterocycles. The van der Waals surface area contributed by atoms with Crippen LogP contribution < -0.4 is 10.1 Å². The van der Waals surface area contributed by atoms with Crippen molar-refractivity contribution in [1.29, 1.82) is 0 Å². The Morgan fingerprint density at radius 1 is 1.21 bits per heavy atom. The number of hydrogen-bond donors (Lipinski definition) is 1. The summed E-state index contributed by atoms with van der Waals surface area (Å²) >= 11 is 5.91. The Kier molecular flexibility index (Phi) is 6.29. The zero-order valence-corrected chi connectivity index (χ0v) is 14.3. The van der Waals surface area contributed by atoms with E-state index in [2.05, 4.69) is 21.3 Å². The largest absolute Gasteiger partial charge is 0.492 e. The zero-order chi connectivity index (χ0) is 16.6. The van der Waals surface area contributed by atoms with E-state index in [9.17, 15) is 0 Å². The van der Waals surface area contributed by atoms with Crippen LogP contribution in [-0.2, 0) is 11.3 Å². The number of para-hydroxylation sites is 1. The van der Waals surface area contributed by atoms with Crippen LogP contribution in [0.1, 0.15) is 5.56 Å². The van der Waals surface area contributed by atoms with Crippen molar-refractivity contribution >= 4 is 17.3 Å². The Morgan fingerprint density at radius 3 is 2.88 bits per heavy atom. The van der Waals surface area contributed by atoms with Crippen molar-refractivity contribution in [1.82, 2.24) is 9.88 Å². The van der Waals surface area contributed by atoms with Gasteiger partial charge in [0, 0.05) is 43.6 Å². The Balaban J connectivity index is 1.52. The monoisotopic (exact) mass is 347 g/mol. The second-order valence-corrected chi connectivity index (χ2v) is 6.02. The second kappa shape index (κ2) is 8.87. The number of pyridine rings is 1. The van der Waals surface area contributed by atoms with Crippen molar-refractivity contribution in [3.8, 4) is 5.75 Å². The smallest absolute Gasteiger partial charge is 0.131 e. The number of rotatable bonds is 7. The molecule has 0 spiro atoms. The van der Waals surface area contributed by atoms with E-state index in [1.165, 1.54) is 0 Å². The summed E-state index contributed by atoms with van der Waals surface area (Å²) in [5, 5.41) is 3.83. The maximum atomic E-state index is 5.99. The first-order valence-corrected chi connectivity index (χ1v) is 8.55. The van der Waals surface area contributed by atoms with E-state index in [0.29, 0.717) is 18.3 Å². The van der Waals surface area contributed by atoms with Crippen molar-refractivity contribution < 1.29 is 9.47 Å². The van der Waals surface area contributed by atoms with Crippen molar-refractivity contribution in [3.05, 3.63) is 53.3 Å². The first kappa shape index (κ1) is 17.0. The van der Waals surface area contributed by atoms with Gasteiger partial charge in [0.1, 0.15) is 17.5 Å². The molecule has 24 heavy (non-hydrogen) atoms. The topological polar surface area (TPSA) is 46.6 Å². The lowest BCUT2D eigenvalue weighted by atomic mass is 10.2. The van der Waals surface area contributed by atoms with Gasteiger partial charge in [0.15, 0.2) is 0 Å². The quantitative estimate of drug-likeness (QED) is 0.780. The van der Waals surface area contributed by atoms with E-state index < -0.39 is 0 Å². The van der Waals surface area contributed by atoms with Crippen molar-refractivity contribution in [2.24, 2.45) is 0 Å². The number of benzene rings is 1. The number of nitrogens with zero attached hydrogens (tertiary/aromatic N) is 2. The van der Waals surface area contributed by atoms with Crippen LogP contribution in [0.4, 0.5) is 5.69 Å². The van der Waals surface area contributed by atoms with Crippen LogP contribution in [0.15, 0.2) is 42.6 Å². The SMILES string of the molecule is Clc1cc(NCc2ccccc2OCCN2CCOCC2)ccn1. The Bertz CT molecular complexity index is 648. The van der Waals surface area contributed by atoms with Gasteiger partial charge >= 0.3 is 0 Å². The minimum atomic E-state index is 0.482. The lowest BCUT2D eigenvalue weighted by Gasteiger charge is -2.26. The molecule has 1 aromatic carbocycles. The number of aromatic nitrogens is 1. The highest BCUT2D eigenvalue weighted by atomic mass is 35.5. The predicted molar refractivity (Wildman–Crippen MR) is 95.8 cm³/mol. The summed E-state index contributed by atoms with van der Waals surface area (Å²) in [7, 11) is 0. The summed E-state index contributed by atoms with van der Waals surface area (Å²) in [4.78, 5) is 6.35. The number of anilines is 1. The number of halogens is 1. The molecule has 0 radical (unpaired) electrons. The minimum absolute atomic E-state index is 0.482. The molecule has 5 nitrogen and oxygen atoms in total. The molecule has 128 valence electrons. The highest BCUT2D eigenvalue weighted by molar-refractivity contribution is 6.29. The molecule has 6 heteroatoms. The third kappa shape index (κ3) is 5.09. The summed E-state index contributed by atoms with van der Waals surface area (Å²) in [5.41, 5.74) is 2.06. The number of hydrogen-bond acceptors (Lipinski definition) is 5. The maximum absolute atomic E-state index is 5.99. The van der Waals surface area contributed by atoms with E-state index >= 15 is 0 Å². The van der Waals surface area contributed by atoms with Crippen LogP contribution in [0.3, 0.4) is 0 Å². The molecule has 1 aliphatic rings. The molecule has 1 N–H and O–H groups in total. The van der Waals surface area contributed by atoms with Gasteiger partial charge < -0.3 is 14.8 Å². The summed E-state index contributed by atoms with van der Waals surface area (Å²) in [6.45, 7) is 5.87. The third-order valence-electron chi connectivity index (χ3n) is 3.95. The van der Waals surface area contributed by atoms with Crippen molar-refractivity contribution in [2.75, 3.05) is 44.8 Å². The molecule has 1 fully saturated rings. The fraction of sp³-hybridized carbons (Fsp3) is 0.389. The first-order valence-electron chi connectivity index (χ1n) is 8.17. The maximum Gasteiger partial charge on any atom is 0.131 e. The fourth-order valence-electron chi connectivity index (χ4n) is 2.61. The predicted octanol–water partition coefficient (Wildman–Crippen LogP) is 3.06. The van der Waals surface area contributed by atoms with E-state index in [0.717, 1.165) is 49.8 Å². The Labute approximate surface area is 147 Å². The lowest BCUT2D eigenvalue weighted by Crippen LogP contribution is -2.38. The molecule has 0 amide bonds. The number of ether oxygens (including phenoxy) is 2. The standard InChI is InChI=1S/C18H22ClN3O2/c19-18-13-16(5-6-20-18)21-14-15-3-1-2-4-17(15)24-12-9-22-7-10-23-11-8-22/h1-6,13H,7-12,14H2,(H,20,21). The van der Waals surface area contributed by atoms with Gasteiger partial charge in [-0.1, -0.05) is 29.8 Å². The molecule has 0 saturated carbocycles. The van der Waals surface area contributed by atoms with Gasteiger partial charge in [0.05, 0.1) is 13.2 Å². The van der Waals surface area contributed by atoms with Gasteiger partial charge in [-0.05, 0) is 18.2 Å². The summed E-state index contributed by atoms with van der Waals surface area (Å²) in [6, 6.07) is 11.8. The molecule has 0 unspecified atom stereocenters. The van der Waals surface area contributed by atoms with Crippen molar-refractivity contribution in [3.63, 3.8) is 0 Å². The fourth-order valence-corrected chi connectivity index (χ4v) is 2.78. The molecule has 0 atom stereocenters. The molecule has 1 aliphatic heterocycles. The number of morpholine rings is 1. The highest BCUT2D eigenvalue weighted by Gasteiger charge is 2.10. The van der Waals surface area contributed by atoms with Crippen LogP contribution in [-0.4, -0.2) is 49.3 Å². The van der Waals surface area contributed by atoms with Gasteiger partial charge in [-0.3, -0.25) is 4.90 Å². The molecule has 0 bridgehead atoms. The van der Waals surface area contributed by atoms with Gasteiger partial charge in [-0.15, -0.1) is 0 Å². The molecular formula is C18H22ClN3O2. The molecular weight excluding hydrogens is 326 g/mol. The van der Waals surface area contributed by atoms with E-state index in [-0.39, 0.29) is 0 Å². The van der Waals surface area contributed by atoms with Crippen LogP contribution in [0, 0.1) is 0 Å². The van der Waals surface area contributed by atoms with Crippen molar-refractivity contribution in [2.45, 2.75) is 6.54 Å². The Morgan fingerprint density at radius 2 is 2.04 bits per heavy atom. The van der Waals surface area contributed by atoms with Gasteiger partial charge in [0.2, 0.25) is 0 Å². The molecule has 0 aliphatic carbocycles. The average Bonchev–Trinajstić information content (AvgIpc) is 2.62. The van der Waals surface area contributed by atoms with E-state index in [4.69, 9.17) is 21.1 Å². The van der Waals surface area contributed by atoms with E-state index in [1.807, 2.05) is 30.3 Å². The van der Waals surface area contributed by atoms with Crippen LogP contribution in [0.25, 0.3) is 0 Å². The van der Waals surface area contributed by atoms with Gasteiger partial charge in [-0.25, -0.2) is 4.98 Å². The van der Waals surface area contributed by atoms with Crippen LogP contribution in [0.2, 0.25) is 5.15 Å². The van der Waals surface area contributed by atoms with Gasteiger partial charge in [-0.2, -0.15) is 0 Å². The molecule has 2 aromatic rings. The Hall–Kier alpha value is -1.82. The number of nitrogens with one attached hydrogen (secondary N) is 1. The molecule has 1 aromatic heterocycles. The summed E-state index contributed by atoms with van der Waals surface area (Å²) < 4.78 is 11.4. The summed E-state index contributed by atoms with van der Waals surface area (Å²) in [5.74, 6) is 0.915. The second-order valence-electron chi connectivity index (χ2n) is 5.63. The first-order chi connectivity index (χ1) is 11.8. The zero-order valence-electron chi connectivity index (χ0n) is 13.6.